The van der Waals surface area contributed by atoms with E-state index in [2.05, 4.69) is 0 Å². The van der Waals surface area contributed by atoms with Gasteiger partial charge in [0.25, 0.3) is 0 Å². The second-order valence-corrected chi connectivity index (χ2v) is 4.20. The van der Waals surface area contributed by atoms with Gasteiger partial charge in [0, 0.05) is 31.9 Å². The minimum atomic E-state index is -0.304. The standard InChI is InChI=1S/C13H21FN2O2/c1-10(15)12-9-11(14)3-4-13(12)16(5-7-17)6-8-18-2/h3-4,9-10,17H,5-8,15H2,1-2H3/t10-/m1/s1. The lowest BCUT2D eigenvalue weighted by molar-refractivity contribution is 0.203. The molecule has 0 spiro atoms. The normalized spacial score (nSPS) is 12.5. The quantitative estimate of drug-likeness (QED) is 0.772. The number of anilines is 1. The maximum absolute atomic E-state index is 13.3. The Bertz CT molecular complexity index is 372. The molecule has 5 heteroatoms. The van der Waals surface area contributed by atoms with E-state index in [0.717, 1.165) is 11.3 Å². The number of nitrogens with zero attached hydrogens (tertiary/aromatic N) is 1. The number of methoxy groups -OCH3 is 1. The highest BCUT2D eigenvalue weighted by Crippen LogP contribution is 2.26. The molecule has 1 aromatic carbocycles. The van der Waals surface area contributed by atoms with Crippen LogP contribution in [0.5, 0.6) is 0 Å². The first kappa shape index (κ1) is 14.9. The van der Waals surface area contributed by atoms with Crippen molar-refractivity contribution < 1.29 is 14.2 Å². The van der Waals surface area contributed by atoms with Crippen molar-refractivity contribution in [3.8, 4) is 0 Å². The van der Waals surface area contributed by atoms with E-state index in [9.17, 15) is 4.39 Å². The molecule has 18 heavy (non-hydrogen) atoms. The Morgan fingerprint density at radius 2 is 2.17 bits per heavy atom. The number of halogens is 1. The summed E-state index contributed by atoms with van der Waals surface area (Å²) >= 11 is 0. The number of ether oxygens (including phenoxy) is 1. The SMILES string of the molecule is COCCN(CCO)c1ccc(F)cc1[C@@H](C)N. The first-order chi connectivity index (χ1) is 8.60. The van der Waals surface area contributed by atoms with E-state index in [1.54, 1.807) is 13.2 Å². The fourth-order valence-corrected chi connectivity index (χ4v) is 1.85. The number of hydrogen-bond donors (Lipinski definition) is 2. The molecule has 3 N–H and O–H groups in total. The summed E-state index contributed by atoms with van der Waals surface area (Å²) in [6, 6.07) is 4.27. The number of benzene rings is 1. The van der Waals surface area contributed by atoms with Crippen molar-refractivity contribution in [3.63, 3.8) is 0 Å². The zero-order valence-corrected chi connectivity index (χ0v) is 10.9. The van der Waals surface area contributed by atoms with Gasteiger partial charge in [0.1, 0.15) is 5.82 Å². The highest BCUT2D eigenvalue weighted by atomic mass is 19.1. The molecule has 0 radical (unpaired) electrons. The smallest absolute Gasteiger partial charge is 0.123 e. The van der Waals surface area contributed by atoms with Gasteiger partial charge in [0.2, 0.25) is 0 Å². The van der Waals surface area contributed by atoms with Crippen LogP contribution in [0.2, 0.25) is 0 Å². The third-order valence-electron chi connectivity index (χ3n) is 2.76. The Labute approximate surface area is 107 Å². The van der Waals surface area contributed by atoms with Crippen LogP contribution in [0.1, 0.15) is 18.5 Å². The molecule has 0 heterocycles. The maximum atomic E-state index is 13.3. The zero-order chi connectivity index (χ0) is 13.5. The molecule has 0 aliphatic heterocycles. The highest BCUT2D eigenvalue weighted by molar-refractivity contribution is 5.55. The van der Waals surface area contributed by atoms with Crippen molar-refractivity contribution in [2.75, 3.05) is 38.3 Å². The van der Waals surface area contributed by atoms with Gasteiger partial charge in [-0.1, -0.05) is 0 Å². The largest absolute Gasteiger partial charge is 0.395 e. The van der Waals surface area contributed by atoms with Crippen LogP contribution in [0.4, 0.5) is 10.1 Å². The van der Waals surface area contributed by atoms with Gasteiger partial charge in [-0.25, -0.2) is 4.39 Å². The zero-order valence-electron chi connectivity index (χ0n) is 10.9. The summed E-state index contributed by atoms with van der Waals surface area (Å²) in [6.45, 7) is 3.47. The predicted octanol–water partition coefficient (Wildman–Crippen LogP) is 1.29. The van der Waals surface area contributed by atoms with Crippen molar-refractivity contribution in [3.05, 3.63) is 29.6 Å². The van der Waals surface area contributed by atoms with E-state index >= 15 is 0 Å². The van der Waals surface area contributed by atoms with Gasteiger partial charge in [-0.3, -0.25) is 0 Å². The molecular weight excluding hydrogens is 235 g/mol. The van der Waals surface area contributed by atoms with Gasteiger partial charge < -0.3 is 20.5 Å². The van der Waals surface area contributed by atoms with E-state index in [-0.39, 0.29) is 18.5 Å². The fourth-order valence-electron chi connectivity index (χ4n) is 1.85. The summed E-state index contributed by atoms with van der Waals surface area (Å²) in [7, 11) is 1.62. The van der Waals surface area contributed by atoms with Crippen molar-refractivity contribution in [2.24, 2.45) is 5.73 Å². The Balaban J connectivity index is 3.01. The fraction of sp³-hybridized carbons (Fsp3) is 0.538. The second kappa shape index (κ2) is 7.31. The molecular formula is C13H21FN2O2. The molecule has 1 atom stereocenters. The Morgan fingerprint density at radius 3 is 2.72 bits per heavy atom. The minimum Gasteiger partial charge on any atom is -0.395 e. The lowest BCUT2D eigenvalue weighted by Crippen LogP contribution is -2.31. The Morgan fingerprint density at radius 1 is 1.44 bits per heavy atom. The van der Waals surface area contributed by atoms with Gasteiger partial charge in [0.05, 0.1) is 13.2 Å². The van der Waals surface area contributed by atoms with Crippen molar-refractivity contribution >= 4 is 5.69 Å². The van der Waals surface area contributed by atoms with Crippen LogP contribution < -0.4 is 10.6 Å². The number of nitrogens with two attached hydrogens (primary N) is 1. The average Bonchev–Trinajstić information content (AvgIpc) is 2.34. The molecule has 0 unspecified atom stereocenters. The monoisotopic (exact) mass is 256 g/mol. The van der Waals surface area contributed by atoms with Crippen molar-refractivity contribution in [2.45, 2.75) is 13.0 Å². The number of aliphatic hydroxyl groups excluding tert-OH is 1. The van der Waals surface area contributed by atoms with Crippen LogP contribution in [0.15, 0.2) is 18.2 Å². The van der Waals surface area contributed by atoms with E-state index in [0.29, 0.717) is 19.7 Å². The van der Waals surface area contributed by atoms with Gasteiger partial charge >= 0.3 is 0 Å². The van der Waals surface area contributed by atoms with Gasteiger partial charge in [-0.15, -0.1) is 0 Å². The van der Waals surface area contributed by atoms with E-state index < -0.39 is 0 Å². The van der Waals surface area contributed by atoms with Crippen molar-refractivity contribution in [1.82, 2.24) is 0 Å². The molecule has 1 rings (SSSR count). The summed E-state index contributed by atoms with van der Waals surface area (Å²) in [5.41, 5.74) is 7.44. The lowest BCUT2D eigenvalue weighted by Gasteiger charge is -2.27. The molecule has 102 valence electrons. The van der Waals surface area contributed by atoms with E-state index in [1.807, 2.05) is 11.8 Å². The number of aliphatic hydroxyl groups is 1. The van der Waals surface area contributed by atoms with Crippen molar-refractivity contribution in [1.29, 1.82) is 0 Å². The maximum Gasteiger partial charge on any atom is 0.123 e. The summed E-state index contributed by atoms with van der Waals surface area (Å²) in [6.07, 6.45) is 0. The van der Waals surface area contributed by atoms with E-state index in [4.69, 9.17) is 15.6 Å². The average molecular weight is 256 g/mol. The van der Waals surface area contributed by atoms with Gasteiger partial charge in [-0.2, -0.15) is 0 Å². The summed E-state index contributed by atoms with van der Waals surface area (Å²) in [4.78, 5) is 1.95. The molecule has 0 saturated carbocycles. The van der Waals surface area contributed by atoms with Crippen LogP contribution in [-0.2, 0) is 4.74 Å². The highest BCUT2D eigenvalue weighted by Gasteiger charge is 2.14. The Kier molecular flexibility index (Phi) is 6.04. The molecule has 0 aliphatic carbocycles. The summed E-state index contributed by atoms with van der Waals surface area (Å²) < 4.78 is 18.3. The first-order valence-corrected chi connectivity index (χ1v) is 6.00. The molecule has 0 bridgehead atoms. The summed E-state index contributed by atoms with van der Waals surface area (Å²) in [5.74, 6) is -0.304. The van der Waals surface area contributed by atoms with Gasteiger partial charge in [-0.05, 0) is 30.7 Å². The van der Waals surface area contributed by atoms with Gasteiger partial charge in [0.15, 0.2) is 0 Å². The third-order valence-corrected chi connectivity index (χ3v) is 2.76. The third kappa shape index (κ3) is 3.94. The molecule has 1 aromatic rings. The lowest BCUT2D eigenvalue weighted by atomic mass is 10.1. The number of rotatable bonds is 7. The molecule has 0 fully saturated rings. The molecule has 4 nitrogen and oxygen atoms in total. The van der Waals surface area contributed by atoms with E-state index in [1.165, 1.54) is 12.1 Å². The second-order valence-electron chi connectivity index (χ2n) is 4.20. The van der Waals surface area contributed by atoms with Crippen LogP contribution in [-0.4, -0.2) is 38.5 Å². The summed E-state index contributed by atoms with van der Waals surface area (Å²) in [5, 5.41) is 9.09. The van der Waals surface area contributed by atoms with Crippen LogP contribution in [0.3, 0.4) is 0 Å². The molecule has 0 amide bonds. The molecule has 0 saturated heterocycles. The van der Waals surface area contributed by atoms with Crippen LogP contribution >= 0.6 is 0 Å². The van der Waals surface area contributed by atoms with Crippen LogP contribution in [0, 0.1) is 5.82 Å². The topological polar surface area (TPSA) is 58.7 Å². The Hall–Kier alpha value is -1.17. The van der Waals surface area contributed by atoms with Crippen LogP contribution in [0.25, 0.3) is 0 Å². The number of hydrogen-bond acceptors (Lipinski definition) is 4. The first-order valence-electron chi connectivity index (χ1n) is 6.00. The minimum absolute atomic E-state index is 0.0273. The molecule has 0 aliphatic rings. The predicted molar refractivity (Wildman–Crippen MR) is 70.2 cm³/mol. The molecule has 0 aromatic heterocycles.